The summed E-state index contributed by atoms with van der Waals surface area (Å²) in [7, 11) is 0. The van der Waals surface area contributed by atoms with Crippen LogP contribution in [0.1, 0.15) is 47.2 Å². The number of carbonyl (C=O) groups is 2. The van der Waals surface area contributed by atoms with Crippen molar-refractivity contribution in [1.29, 1.82) is 0 Å². The number of anilines is 1. The Labute approximate surface area is 258 Å². The van der Waals surface area contributed by atoms with E-state index in [9.17, 15) is 9.59 Å². The summed E-state index contributed by atoms with van der Waals surface area (Å²) in [5, 5.41) is 12.9. The van der Waals surface area contributed by atoms with E-state index in [0.717, 1.165) is 86.5 Å². The molecule has 3 aliphatic rings. The molecule has 12 heteroatoms. The SMILES string of the molecule is NCCCN(CCCN=C(N)N)Cc1ccc(N2C=C3C=C(c4ccc(C(=O)NC5CCNCC5)cc4)NC3NC2=O)cc1. The lowest BCUT2D eigenvalue weighted by atomic mass is 10.0. The van der Waals surface area contributed by atoms with Gasteiger partial charge in [0, 0.05) is 48.7 Å². The van der Waals surface area contributed by atoms with Crippen LogP contribution >= 0.6 is 0 Å². The van der Waals surface area contributed by atoms with E-state index in [1.54, 1.807) is 4.90 Å². The van der Waals surface area contributed by atoms with Crippen LogP contribution in [0.3, 0.4) is 0 Å². The third-order valence-electron chi connectivity index (χ3n) is 8.07. The maximum absolute atomic E-state index is 13.0. The number of nitrogens with two attached hydrogens (primary N) is 3. The molecule has 1 unspecified atom stereocenters. The predicted molar refractivity (Wildman–Crippen MR) is 174 cm³/mol. The van der Waals surface area contributed by atoms with Crippen molar-refractivity contribution in [3.8, 4) is 0 Å². The molecule has 0 radical (unpaired) electrons. The smallest absolute Gasteiger partial charge is 0.327 e. The zero-order valence-corrected chi connectivity index (χ0v) is 25.1. The van der Waals surface area contributed by atoms with Gasteiger partial charge in [0.2, 0.25) is 0 Å². The summed E-state index contributed by atoms with van der Waals surface area (Å²) in [6.45, 7) is 5.60. The summed E-state index contributed by atoms with van der Waals surface area (Å²) in [5.41, 5.74) is 22.0. The van der Waals surface area contributed by atoms with Gasteiger partial charge in [-0.15, -0.1) is 0 Å². The van der Waals surface area contributed by atoms with Gasteiger partial charge in [-0.2, -0.15) is 0 Å². The normalized spacial score (nSPS) is 18.2. The molecule has 3 aliphatic heterocycles. The maximum atomic E-state index is 13.0. The number of hydrogen-bond donors (Lipinski definition) is 7. The van der Waals surface area contributed by atoms with Gasteiger partial charge >= 0.3 is 6.03 Å². The molecule has 0 spiro atoms. The van der Waals surface area contributed by atoms with Crippen molar-refractivity contribution >= 4 is 29.3 Å². The zero-order chi connectivity index (χ0) is 30.9. The van der Waals surface area contributed by atoms with Gasteiger partial charge in [-0.1, -0.05) is 24.3 Å². The Balaban J connectivity index is 1.21. The number of piperidine rings is 1. The Kier molecular flexibility index (Phi) is 10.5. The Bertz CT molecular complexity index is 1380. The molecule has 1 fully saturated rings. The molecule has 0 aliphatic carbocycles. The number of fused-ring (bicyclic) bond motifs is 1. The molecule has 5 rings (SSSR count). The first-order valence-electron chi connectivity index (χ1n) is 15.4. The number of amides is 3. The van der Waals surface area contributed by atoms with Crippen LogP contribution in [0.25, 0.3) is 5.70 Å². The number of nitrogens with one attached hydrogen (secondary N) is 4. The van der Waals surface area contributed by atoms with Gasteiger partial charge in [-0.05, 0) is 93.3 Å². The van der Waals surface area contributed by atoms with Crippen molar-refractivity contribution in [3.63, 3.8) is 0 Å². The van der Waals surface area contributed by atoms with Crippen LogP contribution in [0.2, 0.25) is 0 Å². The highest BCUT2D eigenvalue weighted by Crippen LogP contribution is 2.28. The Morgan fingerprint density at radius 1 is 1.00 bits per heavy atom. The van der Waals surface area contributed by atoms with E-state index in [0.29, 0.717) is 18.7 Å². The molecular weight excluding hydrogens is 556 g/mol. The maximum Gasteiger partial charge on any atom is 0.327 e. The minimum absolute atomic E-state index is 0.0479. The monoisotopic (exact) mass is 600 g/mol. The molecule has 1 saturated heterocycles. The van der Waals surface area contributed by atoms with Gasteiger partial charge in [0.1, 0.15) is 6.17 Å². The molecule has 0 aromatic heterocycles. The quantitative estimate of drug-likeness (QED) is 0.102. The molecule has 1 atom stereocenters. The molecule has 12 nitrogen and oxygen atoms in total. The average molecular weight is 601 g/mol. The molecule has 2 aromatic rings. The van der Waals surface area contributed by atoms with Crippen molar-refractivity contribution in [2.45, 2.75) is 44.4 Å². The number of urea groups is 1. The number of rotatable bonds is 13. The van der Waals surface area contributed by atoms with E-state index in [1.807, 2.05) is 48.7 Å². The lowest BCUT2D eigenvalue weighted by molar-refractivity contribution is 0.0929. The van der Waals surface area contributed by atoms with Crippen LogP contribution < -0.4 is 43.4 Å². The standard InChI is InChI=1S/C32H44N10O2/c33-13-1-17-41(18-2-14-37-31(34)35)20-22-3-9-27(10-4-22)42-21-25-19-28(39-29(25)40-32(42)44)23-5-7-24(8-6-23)30(43)38-26-11-15-36-16-12-26/h3-10,19,21,26,29,36,39H,1-2,11-18,20,33H2,(H,38,43)(H,40,44)(H4,34,35,37). The van der Waals surface area contributed by atoms with Crippen molar-refractivity contribution in [3.05, 3.63) is 83.1 Å². The summed E-state index contributed by atoms with van der Waals surface area (Å²) >= 11 is 0. The Morgan fingerprint density at radius 2 is 1.73 bits per heavy atom. The van der Waals surface area contributed by atoms with Crippen molar-refractivity contribution in [2.75, 3.05) is 44.2 Å². The highest BCUT2D eigenvalue weighted by atomic mass is 16.2. The lowest BCUT2D eigenvalue weighted by Gasteiger charge is -2.29. The van der Waals surface area contributed by atoms with Crippen LogP contribution in [0.5, 0.6) is 0 Å². The topological polar surface area (TPSA) is 179 Å². The van der Waals surface area contributed by atoms with E-state index in [1.165, 1.54) is 0 Å². The fraction of sp³-hybridized carbons (Fsp3) is 0.406. The van der Waals surface area contributed by atoms with Crippen LogP contribution in [-0.2, 0) is 6.54 Å². The number of nitrogens with zero attached hydrogens (tertiary/aromatic N) is 3. The molecule has 44 heavy (non-hydrogen) atoms. The van der Waals surface area contributed by atoms with Crippen molar-refractivity contribution in [2.24, 2.45) is 22.2 Å². The number of carbonyl (C=O) groups excluding carboxylic acids is 2. The van der Waals surface area contributed by atoms with Crippen molar-refractivity contribution < 1.29 is 9.59 Å². The van der Waals surface area contributed by atoms with E-state index >= 15 is 0 Å². The Hall–Kier alpha value is -4.39. The number of benzene rings is 2. The average Bonchev–Trinajstić information content (AvgIpc) is 3.45. The van der Waals surface area contributed by atoms with E-state index in [4.69, 9.17) is 17.2 Å². The third-order valence-corrected chi connectivity index (χ3v) is 8.07. The first kappa shape index (κ1) is 31.0. The molecule has 10 N–H and O–H groups in total. The summed E-state index contributed by atoms with van der Waals surface area (Å²) in [4.78, 5) is 33.8. The predicted octanol–water partition coefficient (Wildman–Crippen LogP) is 1.37. The van der Waals surface area contributed by atoms with Crippen LogP contribution in [0.15, 0.2) is 71.4 Å². The minimum Gasteiger partial charge on any atom is -0.370 e. The second kappa shape index (κ2) is 14.9. The zero-order valence-electron chi connectivity index (χ0n) is 25.1. The summed E-state index contributed by atoms with van der Waals surface area (Å²) in [5.74, 6) is 0.0632. The number of hydrogen-bond acceptors (Lipinski definition) is 7. The van der Waals surface area contributed by atoms with Gasteiger partial charge in [0.25, 0.3) is 5.91 Å². The Morgan fingerprint density at radius 3 is 2.43 bits per heavy atom. The first-order valence-corrected chi connectivity index (χ1v) is 15.4. The van der Waals surface area contributed by atoms with E-state index in [-0.39, 0.29) is 30.1 Å². The van der Waals surface area contributed by atoms with Gasteiger partial charge in [0.15, 0.2) is 5.96 Å². The second-order valence-electron chi connectivity index (χ2n) is 11.4. The molecule has 3 amide bonds. The molecule has 0 saturated carbocycles. The van der Waals surface area contributed by atoms with Gasteiger partial charge in [0.05, 0.1) is 5.69 Å². The number of aliphatic imine (C=N–C) groups is 1. The van der Waals surface area contributed by atoms with Gasteiger partial charge < -0.3 is 38.5 Å². The van der Waals surface area contributed by atoms with Crippen LogP contribution in [-0.4, -0.2) is 74.3 Å². The molecule has 3 heterocycles. The third kappa shape index (κ3) is 8.16. The van der Waals surface area contributed by atoms with Crippen LogP contribution in [0, 0.1) is 0 Å². The highest BCUT2D eigenvalue weighted by Gasteiger charge is 2.31. The summed E-state index contributed by atoms with van der Waals surface area (Å²) in [6.07, 6.45) is 7.24. The second-order valence-corrected chi connectivity index (χ2v) is 11.4. The van der Waals surface area contributed by atoms with E-state index < -0.39 is 0 Å². The van der Waals surface area contributed by atoms with Crippen LogP contribution in [0.4, 0.5) is 10.5 Å². The van der Waals surface area contributed by atoms with E-state index in [2.05, 4.69) is 43.3 Å². The first-order chi connectivity index (χ1) is 21.4. The minimum atomic E-state index is -0.314. The summed E-state index contributed by atoms with van der Waals surface area (Å²) in [6, 6.07) is 15.6. The fourth-order valence-corrected chi connectivity index (χ4v) is 5.66. The largest absolute Gasteiger partial charge is 0.370 e. The van der Waals surface area contributed by atoms with Crippen molar-refractivity contribution in [1.82, 2.24) is 26.2 Å². The molecule has 2 aromatic carbocycles. The molecular formula is C32H44N10O2. The lowest BCUT2D eigenvalue weighted by Crippen LogP contribution is -2.51. The fourth-order valence-electron chi connectivity index (χ4n) is 5.66. The highest BCUT2D eigenvalue weighted by molar-refractivity contribution is 5.97. The molecule has 234 valence electrons. The van der Waals surface area contributed by atoms with Gasteiger partial charge in [-0.3, -0.25) is 19.6 Å². The number of guanidine groups is 1. The summed E-state index contributed by atoms with van der Waals surface area (Å²) < 4.78 is 0. The molecule has 0 bridgehead atoms. The van der Waals surface area contributed by atoms with Gasteiger partial charge in [-0.25, -0.2) is 4.79 Å².